The third-order valence-corrected chi connectivity index (χ3v) is 4.82. The van der Waals surface area contributed by atoms with E-state index in [1.807, 2.05) is 6.92 Å². The van der Waals surface area contributed by atoms with E-state index in [0.29, 0.717) is 11.4 Å². The summed E-state index contributed by atoms with van der Waals surface area (Å²) in [7, 11) is 0. The number of Topliss-reactive ketones (excluding diaryl/α,β-unsaturated/α-hetero) is 1. The molecule has 2 rings (SSSR count). The van der Waals surface area contributed by atoms with E-state index in [9.17, 15) is 14.4 Å². The Balaban J connectivity index is 2.04. The van der Waals surface area contributed by atoms with Gasteiger partial charge in [0.2, 0.25) is 11.8 Å². The number of halogens is 1. The number of hydrogen-bond acceptors (Lipinski definition) is 4. The van der Waals surface area contributed by atoms with Gasteiger partial charge in [-0.15, -0.1) is 11.3 Å². The van der Waals surface area contributed by atoms with Crippen LogP contribution in [0.3, 0.4) is 0 Å². The molecule has 1 aliphatic rings. The van der Waals surface area contributed by atoms with Crippen LogP contribution in [-0.2, 0) is 9.59 Å². The largest absolute Gasteiger partial charge is 0.332 e. The normalized spacial score (nSPS) is 16.1. The summed E-state index contributed by atoms with van der Waals surface area (Å²) in [5, 5.41) is 1.80. The van der Waals surface area contributed by atoms with Gasteiger partial charge in [-0.3, -0.25) is 14.4 Å². The first-order valence-corrected chi connectivity index (χ1v) is 7.52. The molecule has 0 bridgehead atoms. The number of nitrogens with zero attached hydrogens (tertiary/aromatic N) is 2. The van der Waals surface area contributed by atoms with Gasteiger partial charge in [0.05, 0.1) is 18.0 Å². The molecule has 0 aromatic carbocycles. The van der Waals surface area contributed by atoms with Crippen LogP contribution >= 0.6 is 27.3 Å². The standard InChI is InChI=1S/C12H13BrN2O3S/c1-2-14-6-11(18)15(7-10(14)17)5-9(16)12-8(13)3-4-19-12/h3-4H,2,5-7H2,1H3. The fraction of sp³-hybridized carbons (Fsp3) is 0.417. The van der Waals surface area contributed by atoms with E-state index in [1.54, 1.807) is 11.4 Å². The molecule has 0 radical (unpaired) electrons. The van der Waals surface area contributed by atoms with Gasteiger partial charge in [-0.2, -0.15) is 0 Å². The smallest absolute Gasteiger partial charge is 0.243 e. The van der Waals surface area contributed by atoms with E-state index >= 15 is 0 Å². The van der Waals surface area contributed by atoms with E-state index < -0.39 is 0 Å². The van der Waals surface area contributed by atoms with Crippen LogP contribution in [-0.4, -0.2) is 53.6 Å². The molecule has 1 aromatic rings. The molecule has 19 heavy (non-hydrogen) atoms. The summed E-state index contributed by atoms with van der Waals surface area (Å²) in [6.45, 7) is 2.36. The van der Waals surface area contributed by atoms with Crippen molar-refractivity contribution in [3.63, 3.8) is 0 Å². The molecule has 2 amide bonds. The minimum Gasteiger partial charge on any atom is -0.332 e. The molecule has 0 atom stereocenters. The second-order valence-corrected chi connectivity index (χ2v) is 5.95. The molecule has 0 aliphatic carbocycles. The molecular weight excluding hydrogens is 332 g/mol. The lowest BCUT2D eigenvalue weighted by molar-refractivity contribution is -0.149. The van der Waals surface area contributed by atoms with Crippen LogP contribution in [0.4, 0.5) is 0 Å². The van der Waals surface area contributed by atoms with Gasteiger partial charge in [-0.25, -0.2) is 0 Å². The van der Waals surface area contributed by atoms with Gasteiger partial charge in [0.15, 0.2) is 5.78 Å². The van der Waals surface area contributed by atoms with E-state index in [1.165, 1.54) is 21.1 Å². The Morgan fingerprint density at radius 1 is 1.32 bits per heavy atom. The molecule has 1 aromatic heterocycles. The number of piperazine rings is 1. The molecule has 1 aliphatic heterocycles. The zero-order valence-corrected chi connectivity index (χ0v) is 12.8. The molecule has 1 saturated heterocycles. The van der Waals surface area contributed by atoms with Crippen molar-refractivity contribution in [3.8, 4) is 0 Å². The molecule has 102 valence electrons. The van der Waals surface area contributed by atoms with Gasteiger partial charge in [-0.05, 0) is 34.3 Å². The summed E-state index contributed by atoms with van der Waals surface area (Å²) in [5.41, 5.74) is 0. The zero-order chi connectivity index (χ0) is 14.0. The maximum Gasteiger partial charge on any atom is 0.243 e. The maximum absolute atomic E-state index is 12.1. The molecule has 0 saturated carbocycles. The Kier molecular flexibility index (Phi) is 4.36. The monoisotopic (exact) mass is 344 g/mol. The molecule has 0 spiro atoms. The van der Waals surface area contributed by atoms with Crippen molar-refractivity contribution in [1.82, 2.24) is 9.80 Å². The number of carbonyl (C=O) groups excluding carboxylic acids is 3. The van der Waals surface area contributed by atoms with Gasteiger partial charge in [0.25, 0.3) is 0 Å². The third kappa shape index (κ3) is 3.03. The minimum atomic E-state index is -0.178. The summed E-state index contributed by atoms with van der Waals surface area (Å²) in [5.74, 6) is -0.435. The van der Waals surface area contributed by atoms with E-state index in [-0.39, 0.29) is 37.2 Å². The van der Waals surface area contributed by atoms with Gasteiger partial charge in [-0.1, -0.05) is 0 Å². The third-order valence-electron chi connectivity index (χ3n) is 2.94. The van der Waals surface area contributed by atoms with Crippen molar-refractivity contribution in [2.75, 3.05) is 26.2 Å². The summed E-state index contributed by atoms with van der Waals surface area (Å²) in [4.78, 5) is 39.1. The summed E-state index contributed by atoms with van der Waals surface area (Å²) in [6.07, 6.45) is 0. The lowest BCUT2D eigenvalue weighted by Crippen LogP contribution is -2.54. The van der Waals surface area contributed by atoms with Crippen LogP contribution in [0.15, 0.2) is 15.9 Å². The highest BCUT2D eigenvalue weighted by Gasteiger charge is 2.30. The maximum atomic E-state index is 12.1. The first kappa shape index (κ1) is 14.2. The van der Waals surface area contributed by atoms with Gasteiger partial charge in [0, 0.05) is 11.0 Å². The highest BCUT2D eigenvalue weighted by atomic mass is 79.9. The predicted octanol–water partition coefficient (Wildman–Crippen LogP) is 1.38. The zero-order valence-electron chi connectivity index (χ0n) is 10.4. The van der Waals surface area contributed by atoms with Crippen LogP contribution in [0.2, 0.25) is 0 Å². The average Bonchev–Trinajstić information content (AvgIpc) is 2.79. The average molecular weight is 345 g/mol. The van der Waals surface area contributed by atoms with Crippen molar-refractivity contribution in [2.45, 2.75) is 6.92 Å². The second kappa shape index (κ2) is 5.83. The van der Waals surface area contributed by atoms with E-state index in [2.05, 4.69) is 15.9 Å². The number of ketones is 1. The van der Waals surface area contributed by atoms with Gasteiger partial charge in [0.1, 0.15) is 6.54 Å². The highest BCUT2D eigenvalue weighted by Crippen LogP contribution is 2.23. The topological polar surface area (TPSA) is 57.7 Å². The first-order chi connectivity index (χ1) is 9.02. The lowest BCUT2D eigenvalue weighted by Gasteiger charge is -2.32. The number of rotatable bonds is 4. The molecular formula is C12H13BrN2O3S. The van der Waals surface area contributed by atoms with Crippen LogP contribution in [0, 0.1) is 0 Å². The number of likely N-dealkylation sites (N-methyl/N-ethyl adjacent to an activating group) is 1. The van der Waals surface area contributed by atoms with Crippen molar-refractivity contribution in [1.29, 1.82) is 0 Å². The molecule has 0 unspecified atom stereocenters. The quantitative estimate of drug-likeness (QED) is 0.775. The van der Waals surface area contributed by atoms with Crippen LogP contribution in [0.5, 0.6) is 0 Å². The number of thiophene rings is 1. The van der Waals surface area contributed by atoms with E-state index in [0.717, 1.165) is 4.47 Å². The van der Waals surface area contributed by atoms with Crippen LogP contribution in [0.1, 0.15) is 16.6 Å². The van der Waals surface area contributed by atoms with Gasteiger partial charge >= 0.3 is 0 Å². The fourth-order valence-corrected chi connectivity index (χ4v) is 3.40. The number of hydrogen-bond donors (Lipinski definition) is 0. The molecule has 1 fully saturated rings. The van der Waals surface area contributed by atoms with Gasteiger partial charge < -0.3 is 9.80 Å². The highest BCUT2D eigenvalue weighted by molar-refractivity contribution is 9.10. The molecule has 5 nitrogen and oxygen atoms in total. The summed E-state index contributed by atoms with van der Waals surface area (Å²) < 4.78 is 0.730. The lowest BCUT2D eigenvalue weighted by atomic mass is 10.2. The van der Waals surface area contributed by atoms with Crippen molar-refractivity contribution >= 4 is 44.9 Å². The predicted molar refractivity (Wildman–Crippen MR) is 75.2 cm³/mol. The Morgan fingerprint density at radius 3 is 2.53 bits per heavy atom. The second-order valence-electron chi connectivity index (χ2n) is 4.18. The summed E-state index contributed by atoms with van der Waals surface area (Å²) >= 11 is 4.61. The minimum absolute atomic E-state index is 0.0125. The van der Waals surface area contributed by atoms with Crippen molar-refractivity contribution < 1.29 is 14.4 Å². The Labute approximate surface area is 123 Å². The SMILES string of the molecule is CCN1CC(=O)N(CC(=O)c2sccc2Br)CC1=O. The molecule has 2 heterocycles. The Hall–Kier alpha value is -1.21. The van der Waals surface area contributed by atoms with Crippen molar-refractivity contribution in [3.05, 3.63) is 20.8 Å². The first-order valence-electron chi connectivity index (χ1n) is 5.84. The Bertz CT molecular complexity index is 529. The fourth-order valence-electron chi connectivity index (χ4n) is 1.87. The van der Waals surface area contributed by atoms with Crippen LogP contribution < -0.4 is 0 Å². The number of carbonyl (C=O) groups is 3. The molecule has 7 heteroatoms. The van der Waals surface area contributed by atoms with E-state index in [4.69, 9.17) is 0 Å². The molecule has 0 N–H and O–H groups in total. The Morgan fingerprint density at radius 2 is 1.95 bits per heavy atom. The summed E-state index contributed by atoms with van der Waals surface area (Å²) in [6, 6.07) is 1.79. The number of amides is 2. The van der Waals surface area contributed by atoms with Crippen LogP contribution in [0.25, 0.3) is 0 Å². The van der Waals surface area contributed by atoms with Crippen molar-refractivity contribution in [2.24, 2.45) is 0 Å².